The first-order valence-corrected chi connectivity index (χ1v) is 10.5. The molecule has 2 N–H and O–H groups in total. The van der Waals surface area contributed by atoms with Crippen molar-refractivity contribution in [2.24, 2.45) is 11.1 Å². The van der Waals surface area contributed by atoms with E-state index in [0.717, 1.165) is 44.6 Å². The summed E-state index contributed by atoms with van der Waals surface area (Å²) in [6.07, 6.45) is 0.702. The van der Waals surface area contributed by atoms with E-state index in [0.29, 0.717) is 6.42 Å². The number of carbonyl (C=O) groups excluding carboxylic acids is 3. The summed E-state index contributed by atoms with van der Waals surface area (Å²) in [6.45, 7) is 12.2. The number of nitrogens with two attached hydrogens (primary N) is 1. The Morgan fingerprint density at radius 2 is 1.69 bits per heavy atom. The highest BCUT2D eigenvalue weighted by molar-refractivity contribution is 8.14. The van der Waals surface area contributed by atoms with Gasteiger partial charge in [0.1, 0.15) is 6.04 Å². The van der Waals surface area contributed by atoms with Crippen LogP contribution < -0.4 is 5.73 Å². The van der Waals surface area contributed by atoms with Crippen molar-refractivity contribution in [3.8, 4) is 0 Å². The average molecular weight is 435 g/mol. The Labute approximate surface area is 176 Å². The lowest BCUT2D eigenvalue weighted by molar-refractivity contribution is -0.160. The molecule has 0 bridgehead atoms. The Bertz CT molecular complexity index is 557. The van der Waals surface area contributed by atoms with Crippen LogP contribution in [0, 0.1) is 5.41 Å². The molecule has 1 aliphatic rings. The fourth-order valence-corrected chi connectivity index (χ4v) is 3.07. The molecule has 0 aromatic rings. The summed E-state index contributed by atoms with van der Waals surface area (Å²) in [5.41, 5.74) is 5.30. The van der Waals surface area contributed by atoms with Gasteiger partial charge in [-0.05, 0) is 52.8 Å². The molecule has 1 saturated heterocycles. The summed E-state index contributed by atoms with van der Waals surface area (Å²) >= 11 is 0.759. The van der Waals surface area contributed by atoms with Gasteiger partial charge in [0.2, 0.25) is 6.79 Å². The fraction of sp³-hybridized carbons (Fsp3) is 0.842. The highest BCUT2D eigenvalue weighted by atomic mass is 32.2. The number of rotatable bonds is 9. The van der Waals surface area contributed by atoms with Crippen molar-refractivity contribution in [3.05, 3.63) is 0 Å². The molecular weight excluding hydrogens is 400 g/mol. The molecule has 0 aliphatic carbocycles. The second kappa shape index (κ2) is 11.7. The number of esters is 2. The Balaban J connectivity index is 2.30. The van der Waals surface area contributed by atoms with Crippen LogP contribution in [0.1, 0.15) is 41.0 Å². The van der Waals surface area contributed by atoms with Crippen molar-refractivity contribution in [1.82, 2.24) is 4.90 Å². The summed E-state index contributed by atoms with van der Waals surface area (Å²) in [5.74, 6) is -1.05. The van der Waals surface area contributed by atoms with Gasteiger partial charge in [-0.25, -0.2) is 4.79 Å². The molecule has 0 radical (unpaired) electrons. The maximum Gasteiger partial charge on any atom is 0.370 e. The van der Waals surface area contributed by atoms with Crippen molar-refractivity contribution in [1.29, 1.82) is 0 Å². The summed E-state index contributed by atoms with van der Waals surface area (Å²) in [5, 5.41) is -0.688. The minimum absolute atomic E-state index is 0.262. The molecule has 0 aromatic carbocycles. The van der Waals surface area contributed by atoms with E-state index in [1.807, 2.05) is 0 Å². The van der Waals surface area contributed by atoms with Gasteiger partial charge in [0.25, 0.3) is 0 Å². The van der Waals surface area contributed by atoms with Crippen LogP contribution in [0.4, 0.5) is 4.79 Å². The predicted octanol–water partition coefficient (Wildman–Crippen LogP) is 1.77. The highest BCUT2D eigenvalue weighted by Gasteiger charge is 2.37. The molecule has 1 rings (SSSR count). The van der Waals surface area contributed by atoms with Crippen molar-refractivity contribution in [2.45, 2.75) is 51.8 Å². The van der Waals surface area contributed by atoms with E-state index in [2.05, 4.69) is 4.90 Å². The minimum atomic E-state index is -1.01. The second-order valence-corrected chi connectivity index (χ2v) is 9.94. The number of carbonyl (C=O) groups is 3. The highest BCUT2D eigenvalue weighted by Crippen LogP contribution is 2.29. The van der Waals surface area contributed by atoms with Crippen LogP contribution in [-0.4, -0.2) is 79.2 Å². The third-order valence-electron chi connectivity index (χ3n) is 4.30. The number of nitrogens with zero attached hydrogens (tertiary/aromatic N) is 1. The van der Waals surface area contributed by atoms with Crippen LogP contribution in [0.5, 0.6) is 0 Å². The van der Waals surface area contributed by atoms with Gasteiger partial charge in [-0.1, -0.05) is 0 Å². The monoisotopic (exact) mass is 434 g/mol. The van der Waals surface area contributed by atoms with Crippen LogP contribution in [0.15, 0.2) is 0 Å². The van der Waals surface area contributed by atoms with Gasteiger partial charge in [-0.3, -0.25) is 14.5 Å². The topological polar surface area (TPSA) is 117 Å². The predicted molar refractivity (Wildman–Crippen MR) is 109 cm³/mol. The fourth-order valence-electron chi connectivity index (χ4n) is 2.31. The number of thioether (sulfide) groups is 1. The summed E-state index contributed by atoms with van der Waals surface area (Å²) in [7, 11) is 0. The largest absolute Gasteiger partial charge is 0.464 e. The number of hydrogen-bond donors (Lipinski definition) is 1. The maximum atomic E-state index is 12.2. The van der Waals surface area contributed by atoms with Crippen LogP contribution in [0.3, 0.4) is 0 Å². The zero-order valence-electron chi connectivity index (χ0n) is 18.0. The Kier molecular flexibility index (Phi) is 10.4. The molecule has 0 saturated carbocycles. The Morgan fingerprint density at radius 3 is 2.28 bits per heavy atom. The van der Waals surface area contributed by atoms with E-state index in [1.54, 1.807) is 34.6 Å². The van der Waals surface area contributed by atoms with E-state index >= 15 is 0 Å². The first-order valence-electron chi connectivity index (χ1n) is 9.69. The van der Waals surface area contributed by atoms with Crippen molar-refractivity contribution in [3.63, 3.8) is 0 Å². The van der Waals surface area contributed by atoms with Gasteiger partial charge in [-0.2, -0.15) is 0 Å². The van der Waals surface area contributed by atoms with Crippen molar-refractivity contribution >= 4 is 29.0 Å². The first kappa shape index (κ1) is 25.7. The van der Waals surface area contributed by atoms with E-state index in [9.17, 15) is 14.4 Å². The van der Waals surface area contributed by atoms with Crippen LogP contribution >= 0.6 is 11.8 Å². The molecule has 0 amide bonds. The van der Waals surface area contributed by atoms with E-state index in [1.165, 1.54) is 0 Å². The molecular formula is C19H34N2O7S. The molecule has 9 nitrogen and oxygen atoms in total. The lowest BCUT2D eigenvalue weighted by Gasteiger charge is -2.28. The number of hydrogen-bond acceptors (Lipinski definition) is 10. The van der Waals surface area contributed by atoms with Gasteiger partial charge < -0.3 is 24.7 Å². The van der Waals surface area contributed by atoms with Crippen molar-refractivity contribution in [2.75, 3.05) is 46.2 Å². The third kappa shape index (κ3) is 9.79. The lowest BCUT2D eigenvalue weighted by atomic mass is 9.98. The van der Waals surface area contributed by atoms with E-state index in [-0.39, 0.29) is 6.61 Å². The third-order valence-corrected chi connectivity index (χ3v) is 5.36. The molecule has 168 valence electrons. The molecule has 1 heterocycles. The van der Waals surface area contributed by atoms with Crippen LogP contribution in [-0.2, 0) is 28.5 Å². The summed E-state index contributed by atoms with van der Waals surface area (Å²) in [4.78, 5) is 38.1. The van der Waals surface area contributed by atoms with Crippen LogP contribution in [0.25, 0.3) is 0 Å². The Morgan fingerprint density at radius 1 is 1.07 bits per heavy atom. The van der Waals surface area contributed by atoms with E-state index in [4.69, 9.17) is 24.7 Å². The van der Waals surface area contributed by atoms with Gasteiger partial charge in [0.15, 0.2) is 0 Å². The standard InChI is InChI=1S/C19H34N2O7S/c1-18(2,3)16(23)27-13-28-17(24)29-19(4,5)14(20)15(22)26-10-6-7-21-8-11-25-12-9-21/h14H,6-13,20H2,1-5H3/t14-/m0/s1. The normalized spacial score (nSPS) is 16.8. The lowest BCUT2D eigenvalue weighted by Crippen LogP contribution is -2.48. The SMILES string of the molecule is CC(C)(C)C(=O)OCOC(=O)SC(C)(C)[C@@H](N)C(=O)OCCCN1CCOCC1. The number of ether oxygens (including phenoxy) is 4. The maximum absolute atomic E-state index is 12.2. The molecule has 0 spiro atoms. The van der Waals surface area contributed by atoms with Gasteiger partial charge in [0, 0.05) is 24.4 Å². The molecule has 1 fully saturated rings. The summed E-state index contributed by atoms with van der Waals surface area (Å²) < 4.78 is 19.4. The van der Waals surface area contributed by atoms with E-state index < -0.39 is 40.2 Å². The zero-order valence-corrected chi connectivity index (χ0v) is 18.8. The Hall–Kier alpha value is -1.36. The molecule has 29 heavy (non-hydrogen) atoms. The second-order valence-electron chi connectivity index (χ2n) is 8.35. The summed E-state index contributed by atoms with van der Waals surface area (Å²) in [6, 6.07) is -1.01. The quantitative estimate of drug-likeness (QED) is 0.327. The van der Waals surface area contributed by atoms with Gasteiger partial charge in [0.05, 0.1) is 25.2 Å². The number of morpholine rings is 1. The average Bonchev–Trinajstić information content (AvgIpc) is 2.64. The minimum Gasteiger partial charge on any atom is -0.464 e. The molecule has 0 aromatic heterocycles. The van der Waals surface area contributed by atoms with Crippen molar-refractivity contribution < 1.29 is 33.3 Å². The molecule has 10 heteroatoms. The molecule has 1 atom stereocenters. The first-order chi connectivity index (χ1) is 13.4. The van der Waals surface area contributed by atoms with Gasteiger partial charge >= 0.3 is 17.2 Å². The van der Waals surface area contributed by atoms with Gasteiger partial charge in [-0.15, -0.1) is 0 Å². The van der Waals surface area contributed by atoms with Crippen LogP contribution in [0.2, 0.25) is 0 Å². The zero-order chi connectivity index (χ0) is 22.1. The molecule has 0 unspecified atom stereocenters. The molecule has 1 aliphatic heterocycles. The smallest absolute Gasteiger partial charge is 0.370 e.